The number of rotatable bonds is 5. The van der Waals surface area contributed by atoms with Crippen LogP contribution in [0.2, 0.25) is 0 Å². The molecule has 5 rings (SSSR count). The van der Waals surface area contributed by atoms with Crippen molar-refractivity contribution in [2.75, 3.05) is 13.1 Å². The first-order valence-electron chi connectivity index (χ1n) is 9.90. The van der Waals surface area contributed by atoms with Crippen LogP contribution in [-0.4, -0.2) is 39.8 Å². The molecule has 1 aliphatic rings. The van der Waals surface area contributed by atoms with Gasteiger partial charge >= 0.3 is 0 Å². The Morgan fingerprint density at radius 3 is 2.72 bits per heavy atom. The molecule has 4 aromatic rings. The van der Waals surface area contributed by atoms with E-state index in [0.717, 1.165) is 41.9 Å². The molecule has 0 radical (unpaired) electrons. The van der Waals surface area contributed by atoms with E-state index in [1.807, 2.05) is 42.6 Å². The summed E-state index contributed by atoms with van der Waals surface area (Å²) in [5.74, 6) is 0.824. The van der Waals surface area contributed by atoms with E-state index in [9.17, 15) is 8.42 Å². The highest BCUT2D eigenvalue weighted by Gasteiger charge is 2.30. The third kappa shape index (κ3) is 3.03. The average Bonchev–Trinajstić information content (AvgIpc) is 3.44. The largest absolute Gasteiger partial charge is 0.316 e. The minimum Gasteiger partial charge on any atom is -0.316 e. The monoisotopic (exact) mass is 409 g/mol. The molecular weight excluding hydrogens is 386 g/mol. The summed E-state index contributed by atoms with van der Waals surface area (Å²) in [6, 6.07) is 11.0. The predicted octanol–water partition coefficient (Wildman–Crippen LogP) is 2.78. The Labute approximate surface area is 169 Å². The number of fused-ring (bicyclic) bond motifs is 3. The van der Waals surface area contributed by atoms with Crippen LogP contribution in [0.1, 0.15) is 30.5 Å². The highest BCUT2D eigenvalue weighted by atomic mass is 32.2. The van der Waals surface area contributed by atoms with Crippen LogP contribution in [0.15, 0.2) is 55.0 Å². The summed E-state index contributed by atoms with van der Waals surface area (Å²) in [6.07, 6.45) is 6.26. The number of imidazole rings is 1. The molecule has 0 aliphatic carbocycles. The van der Waals surface area contributed by atoms with Gasteiger partial charge in [0.1, 0.15) is 0 Å². The van der Waals surface area contributed by atoms with Gasteiger partial charge in [0, 0.05) is 30.6 Å². The van der Waals surface area contributed by atoms with Crippen molar-refractivity contribution < 1.29 is 8.42 Å². The number of hydrogen-bond acceptors (Lipinski definition) is 5. The summed E-state index contributed by atoms with van der Waals surface area (Å²) in [5, 5.41) is 3.47. The topological polar surface area (TPSA) is 81.3 Å². The third-order valence-electron chi connectivity index (χ3n) is 5.90. The quantitative estimate of drug-likeness (QED) is 0.548. The summed E-state index contributed by atoms with van der Waals surface area (Å²) >= 11 is 0. The Hall–Kier alpha value is -2.71. The first kappa shape index (κ1) is 18.3. The van der Waals surface area contributed by atoms with E-state index in [2.05, 4.69) is 26.6 Å². The van der Waals surface area contributed by atoms with Crippen LogP contribution in [-0.2, 0) is 15.8 Å². The van der Waals surface area contributed by atoms with Gasteiger partial charge in [0.2, 0.25) is 10.0 Å². The highest BCUT2D eigenvalue weighted by Crippen LogP contribution is 2.32. The van der Waals surface area contributed by atoms with Gasteiger partial charge in [-0.25, -0.2) is 22.4 Å². The Bertz CT molecular complexity index is 1280. The van der Waals surface area contributed by atoms with Crippen molar-refractivity contribution in [1.29, 1.82) is 0 Å². The van der Waals surface area contributed by atoms with Gasteiger partial charge < -0.3 is 5.32 Å². The molecule has 0 unspecified atom stereocenters. The van der Waals surface area contributed by atoms with E-state index in [1.54, 1.807) is 12.4 Å². The molecule has 8 heteroatoms. The van der Waals surface area contributed by atoms with Gasteiger partial charge in [-0.05, 0) is 24.1 Å². The van der Waals surface area contributed by atoms with Crippen LogP contribution in [0.25, 0.3) is 16.8 Å². The lowest BCUT2D eigenvalue weighted by molar-refractivity contribution is 0.493. The predicted molar refractivity (Wildman–Crippen MR) is 112 cm³/mol. The lowest BCUT2D eigenvalue weighted by Crippen LogP contribution is -2.15. The lowest BCUT2D eigenvalue weighted by atomic mass is 9.91. The van der Waals surface area contributed by atoms with E-state index in [1.165, 1.54) is 3.97 Å². The Morgan fingerprint density at radius 1 is 1.10 bits per heavy atom. The Balaban J connectivity index is 1.63. The van der Waals surface area contributed by atoms with Gasteiger partial charge in [0.05, 0.1) is 17.5 Å². The fourth-order valence-corrected chi connectivity index (χ4v) is 5.80. The van der Waals surface area contributed by atoms with Crippen LogP contribution in [0.4, 0.5) is 0 Å². The van der Waals surface area contributed by atoms with Crippen molar-refractivity contribution in [3.05, 3.63) is 66.2 Å². The fourth-order valence-electron chi connectivity index (χ4n) is 4.39. The molecule has 0 bridgehead atoms. The molecular formula is C21H23N5O2S. The maximum atomic E-state index is 13.1. The van der Waals surface area contributed by atoms with E-state index >= 15 is 0 Å². The summed E-state index contributed by atoms with van der Waals surface area (Å²) in [6.45, 7) is 4.11. The van der Waals surface area contributed by atoms with Gasteiger partial charge in [0.15, 0.2) is 11.3 Å². The minimum absolute atomic E-state index is 0.0709. The van der Waals surface area contributed by atoms with Crippen molar-refractivity contribution in [2.45, 2.75) is 25.0 Å². The lowest BCUT2D eigenvalue weighted by Gasteiger charge is -2.17. The van der Waals surface area contributed by atoms with Gasteiger partial charge in [-0.3, -0.25) is 4.40 Å². The fraction of sp³-hybridized carbons (Fsp3) is 0.333. The normalized spacial score (nSPS) is 20.0. The number of hydrogen-bond donors (Lipinski definition) is 1. The van der Waals surface area contributed by atoms with Crippen molar-refractivity contribution in [3.8, 4) is 0 Å². The second-order valence-electron chi connectivity index (χ2n) is 7.63. The number of benzene rings is 1. The molecule has 1 aromatic carbocycles. The Kier molecular flexibility index (Phi) is 4.40. The maximum Gasteiger partial charge on any atom is 0.244 e. The molecule has 2 atom stereocenters. The molecule has 7 nitrogen and oxygen atoms in total. The second kappa shape index (κ2) is 6.96. The van der Waals surface area contributed by atoms with Gasteiger partial charge in [-0.15, -0.1) is 0 Å². The zero-order valence-corrected chi connectivity index (χ0v) is 17.0. The first-order valence-corrected chi connectivity index (χ1v) is 11.5. The summed E-state index contributed by atoms with van der Waals surface area (Å²) in [5.41, 5.74) is 3.82. The maximum absolute atomic E-state index is 13.1. The van der Waals surface area contributed by atoms with E-state index in [0.29, 0.717) is 17.5 Å². The molecule has 1 saturated heterocycles. The molecule has 0 spiro atoms. The van der Waals surface area contributed by atoms with E-state index in [-0.39, 0.29) is 5.75 Å². The van der Waals surface area contributed by atoms with Crippen molar-refractivity contribution in [1.82, 2.24) is 23.7 Å². The van der Waals surface area contributed by atoms with Crippen LogP contribution < -0.4 is 5.32 Å². The molecule has 0 amide bonds. The van der Waals surface area contributed by atoms with Crippen LogP contribution >= 0.6 is 0 Å². The van der Waals surface area contributed by atoms with Gasteiger partial charge in [-0.2, -0.15) is 0 Å². The minimum atomic E-state index is -3.59. The van der Waals surface area contributed by atoms with Crippen LogP contribution in [0.5, 0.6) is 0 Å². The molecule has 1 fully saturated rings. The van der Waals surface area contributed by atoms with Gasteiger partial charge in [-0.1, -0.05) is 43.7 Å². The summed E-state index contributed by atoms with van der Waals surface area (Å²) in [7, 11) is -3.59. The SMILES string of the molecule is CC[C@H]1CNC[C@H]1c1cnc2cnc3c(ccn3S(=O)(=O)Cc3ccccc3)n12. The molecule has 0 saturated carbocycles. The number of nitrogens with one attached hydrogen (secondary N) is 1. The smallest absolute Gasteiger partial charge is 0.244 e. The van der Waals surface area contributed by atoms with Crippen molar-refractivity contribution >= 4 is 26.8 Å². The zero-order valence-electron chi connectivity index (χ0n) is 16.2. The van der Waals surface area contributed by atoms with E-state index < -0.39 is 10.0 Å². The molecule has 1 N–H and O–H groups in total. The Morgan fingerprint density at radius 2 is 1.93 bits per heavy atom. The van der Waals surface area contributed by atoms with Crippen LogP contribution in [0, 0.1) is 5.92 Å². The third-order valence-corrected chi connectivity index (χ3v) is 7.49. The van der Waals surface area contributed by atoms with Crippen molar-refractivity contribution in [3.63, 3.8) is 0 Å². The van der Waals surface area contributed by atoms with Crippen molar-refractivity contribution in [2.24, 2.45) is 5.92 Å². The number of nitrogens with zero attached hydrogens (tertiary/aromatic N) is 4. The van der Waals surface area contributed by atoms with E-state index in [4.69, 9.17) is 0 Å². The summed E-state index contributed by atoms with van der Waals surface area (Å²) < 4.78 is 29.5. The second-order valence-corrected chi connectivity index (χ2v) is 9.48. The molecule has 4 heterocycles. The van der Waals surface area contributed by atoms with Gasteiger partial charge in [0.25, 0.3) is 0 Å². The summed E-state index contributed by atoms with van der Waals surface area (Å²) in [4.78, 5) is 8.98. The molecule has 1 aliphatic heterocycles. The highest BCUT2D eigenvalue weighted by molar-refractivity contribution is 7.89. The zero-order chi connectivity index (χ0) is 20.0. The first-order chi connectivity index (χ1) is 14.1. The van der Waals surface area contributed by atoms with Crippen LogP contribution in [0.3, 0.4) is 0 Å². The standard InChI is InChI=1S/C21H23N5O2S/c1-2-16-10-22-11-17(16)19-12-23-20-13-24-21-18(26(19)20)8-9-25(21)29(27,28)14-15-6-4-3-5-7-15/h3-9,12-13,16-17,22H,2,10-11,14H2,1H3/t16-,17+/m0/s1. The molecule has 3 aromatic heterocycles. The molecule has 150 valence electrons. The average molecular weight is 410 g/mol. The number of aromatic nitrogens is 4. The molecule has 29 heavy (non-hydrogen) atoms.